The summed E-state index contributed by atoms with van der Waals surface area (Å²) in [7, 11) is 0. The van der Waals surface area contributed by atoms with E-state index in [1.165, 1.54) is 6.07 Å². The fraction of sp³-hybridized carbons (Fsp3) is 0.571. The van der Waals surface area contributed by atoms with Crippen molar-refractivity contribution in [1.82, 2.24) is 5.32 Å². The first-order chi connectivity index (χ1) is 9.61. The quantitative estimate of drug-likeness (QED) is 0.670. The molecule has 0 atom stereocenters. The Hall–Kier alpha value is -1.33. The third-order valence-electron chi connectivity index (χ3n) is 3.77. The molecule has 2 rings (SSSR count). The molecule has 1 heterocycles. The number of nitrogens with zero attached hydrogens (tertiary/aromatic N) is 2. The van der Waals surface area contributed by atoms with Gasteiger partial charge < -0.3 is 10.2 Å². The van der Waals surface area contributed by atoms with Gasteiger partial charge in [-0.1, -0.05) is 18.5 Å². The minimum absolute atomic E-state index is 0.0997. The Labute approximate surface area is 124 Å². The second-order valence-electron chi connectivity index (χ2n) is 5.13. The zero-order chi connectivity index (χ0) is 14.5. The molecule has 110 valence electrons. The monoisotopic (exact) mass is 297 g/mol. The Kier molecular flexibility index (Phi) is 5.20. The SMILES string of the molecule is CCNCC1CCN(c2ccc(Cl)cc2[N+](=O)[O-])CC1. The third-order valence-corrected chi connectivity index (χ3v) is 4.01. The highest BCUT2D eigenvalue weighted by atomic mass is 35.5. The number of rotatable bonds is 5. The maximum Gasteiger partial charge on any atom is 0.294 e. The number of halogens is 1. The molecule has 1 fully saturated rings. The van der Waals surface area contributed by atoms with Crippen molar-refractivity contribution in [2.24, 2.45) is 5.92 Å². The van der Waals surface area contributed by atoms with Gasteiger partial charge in [0.1, 0.15) is 5.69 Å². The van der Waals surface area contributed by atoms with Crippen LogP contribution in [-0.2, 0) is 0 Å². The fourth-order valence-corrected chi connectivity index (χ4v) is 2.80. The molecular formula is C14H20ClN3O2. The topological polar surface area (TPSA) is 58.4 Å². The van der Waals surface area contributed by atoms with Crippen LogP contribution in [0.2, 0.25) is 5.02 Å². The van der Waals surface area contributed by atoms with E-state index in [2.05, 4.69) is 17.1 Å². The minimum Gasteiger partial charge on any atom is -0.366 e. The maximum absolute atomic E-state index is 11.1. The predicted molar refractivity (Wildman–Crippen MR) is 81.6 cm³/mol. The normalized spacial score (nSPS) is 16.4. The van der Waals surface area contributed by atoms with Crippen molar-refractivity contribution in [2.75, 3.05) is 31.1 Å². The van der Waals surface area contributed by atoms with Crippen LogP contribution < -0.4 is 10.2 Å². The van der Waals surface area contributed by atoms with Crippen molar-refractivity contribution in [3.63, 3.8) is 0 Å². The standard InChI is InChI=1S/C14H20ClN3O2/c1-2-16-10-11-5-7-17(8-6-11)13-4-3-12(15)9-14(13)18(19)20/h3-4,9,11,16H,2,5-8,10H2,1H3. The largest absolute Gasteiger partial charge is 0.366 e. The van der Waals surface area contributed by atoms with Crippen molar-refractivity contribution in [3.05, 3.63) is 33.3 Å². The van der Waals surface area contributed by atoms with Crippen molar-refractivity contribution >= 4 is 23.0 Å². The van der Waals surface area contributed by atoms with Crippen molar-refractivity contribution < 1.29 is 4.92 Å². The molecule has 1 aromatic rings. The zero-order valence-electron chi connectivity index (χ0n) is 11.6. The third kappa shape index (κ3) is 3.61. The fourth-order valence-electron chi connectivity index (χ4n) is 2.64. The van der Waals surface area contributed by atoms with Crippen LogP contribution >= 0.6 is 11.6 Å². The van der Waals surface area contributed by atoms with Gasteiger partial charge in [0.15, 0.2) is 0 Å². The van der Waals surface area contributed by atoms with Crippen molar-refractivity contribution in [3.8, 4) is 0 Å². The molecule has 0 aliphatic carbocycles. The van der Waals surface area contributed by atoms with Gasteiger partial charge in [0, 0.05) is 24.2 Å². The molecular weight excluding hydrogens is 278 g/mol. The molecule has 0 saturated carbocycles. The van der Waals surface area contributed by atoms with E-state index in [0.29, 0.717) is 16.6 Å². The lowest BCUT2D eigenvalue weighted by Gasteiger charge is -2.33. The lowest BCUT2D eigenvalue weighted by Crippen LogP contribution is -2.37. The smallest absolute Gasteiger partial charge is 0.294 e. The summed E-state index contributed by atoms with van der Waals surface area (Å²) in [6.07, 6.45) is 2.12. The molecule has 1 aliphatic rings. The average Bonchev–Trinajstić information content (AvgIpc) is 2.45. The Morgan fingerprint density at radius 1 is 1.45 bits per heavy atom. The van der Waals surface area contributed by atoms with E-state index in [0.717, 1.165) is 39.0 Å². The molecule has 5 nitrogen and oxygen atoms in total. The lowest BCUT2D eigenvalue weighted by molar-refractivity contribution is -0.384. The molecule has 0 radical (unpaired) electrons. The summed E-state index contributed by atoms with van der Waals surface area (Å²) in [5.41, 5.74) is 0.781. The van der Waals surface area contributed by atoms with Gasteiger partial charge in [0.2, 0.25) is 0 Å². The highest BCUT2D eigenvalue weighted by Crippen LogP contribution is 2.33. The number of nitrogens with one attached hydrogen (secondary N) is 1. The van der Waals surface area contributed by atoms with Gasteiger partial charge in [-0.2, -0.15) is 0 Å². The Morgan fingerprint density at radius 3 is 2.75 bits per heavy atom. The number of nitro benzene ring substituents is 1. The van der Waals surface area contributed by atoms with E-state index in [4.69, 9.17) is 11.6 Å². The number of anilines is 1. The highest BCUT2D eigenvalue weighted by molar-refractivity contribution is 6.30. The van der Waals surface area contributed by atoms with Crippen LogP contribution in [-0.4, -0.2) is 31.1 Å². The molecule has 0 amide bonds. The van der Waals surface area contributed by atoms with Gasteiger partial charge in [-0.3, -0.25) is 10.1 Å². The van der Waals surface area contributed by atoms with Crippen LogP contribution in [0.3, 0.4) is 0 Å². The molecule has 1 aliphatic heterocycles. The summed E-state index contributed by atoms with van der Waals surface area (Å²) in [4.78, 5) is 12.9. The number of nitro groups is 1. The van der Waals surface area contributed by atoms with Gasteiger partial charge in [0.25, 0.3) is 5.69 Å². The summed E-state index contributed by atoms with van der Waals surface area (Å²) in [6.45, 7) is 5.85. The van der Waals surface area contributed by atoms with E-state index in [-0.39, 0.29) is 10.6 Å². The van der Waals surface area contributed by atoms with Gasteiger partial charge in [-0.25, -0.2) is 0 Å². The predicted octanol–water partition coefficient (Wildman–Crippen LogP) is 3.07. The first-order valence-corrected chi connectivity index (χ1v) is 7.39. The molecule has 1 saturated heterocycles. The summed E-state index contributed by atoms with van der Waals surface area (Å²) in [6, 6.07) is 4.90. The zero-order valence-corrected chi connectivity index (χ0v) is 12.4. The van der Waals surface area contributed by atoms with E-state index in [1.807, 2.05) is 0 Å². The first-order valence-electron chi connectivity index (χ1n) is 7.01. The molecule has 1 N–H and O–H groups in total. The van der Waals surface area contributed by atoms with E-state index in [9.17, 15) is 10.1 Å². The van der Waals surface area contributed by atoms with E-state index in [1.54, 1.807) is 12.1 Å². The number of benzene rings is 1. The van der Waals surface area contributed by atoms with Crippen LogP contribution in [0.4, 0.5) is 11.4 Å². The van der Waals surface area contributed by atoms with Gasteiger partial charge in [0.05, 0.1) is 4.92 Å². The molecule has 0 spiro atoms. The van der Waals surface area contributed by atoms with Gasteiger partial charge >= 0.3 is 0 Å². The van der Waals surface area contributed by atoms with Crippen molar-refractivity contribution in [1.29, 1.82) is 0 Å². The Bertz CT molecular complexity index is 473. The molecule has 6 heteroatoms. The van der Waals surface area contributed by atoms with Gasteiger partial charge in [-0.05, 0) is 44.0 Å². The van der Waals surface area contributed by atoms with E-state index < -0.39 is 0 Å². The van der Waals surface area contributed by atoms with Crippen LogP contribution in [0.15, 0.2) is 18.2 Å². The summed E-state index contributed by atoms with van der Waals surface area (Å²) in [5.74, 6) is 0.664. The van der Waals surface area contributed by atoms with Crippen LogP contribution in [0.5, 0.6) is 0 Å². The minimum atomic E-state index is -0.355. The average molecular weight is 298 g/mol. The molecule has 1 aromatic carbocycles. The number of hydrogen-bond donors (Lipinski definition) is 1. The summed E-state index contributed by atoms with van der Waals surface area (Å²) < 4.78 is 0. The highest BCUT2D eigenvalue weighted by Gasteiger charge is 2.24. The molecule has 0 aromatic heterocycles. The van der Waals surface area contributed by atoms with Crippen LogP contribution in [0, 0.1) is 16.0 Å². The summed E-state index contributed by atoms with van der Waals surface area (Å²) in [5, 5.41) is 14.9. The lowest BCUT2D eigenvalue weighted by atomic mass is 9.96. The summed E-state index contributed by atoms with van der Waals surface area (Å²) >= 11 is 5.85. The molecule has 0 bridgehead atoms. The van der Waals surface area contributed by atoms with E-state index >= 15 is 0 Å². The Balaban J connectivity index is 2.05. The van der Waals surface area contributed by atoms with Crippen molar-refractivity contribution in [2.45, 2.75) is 19.8 Å². The Morgan fingerprint density at radius 2 is 2.15 bits per heavy atom. The molecule has 0 unspecified atom stereocenters. The van der Waals surface area contributed by atoms with Gasteiger partial charge in [-0.15, -0.1) is 0 Å². The van der Waals surface area contributed by atoms with Crippen LogP contribution in [0.1, 0.15) is 19.8 Å². The number of hydrogen-bond acceptors (Lipinski definition) is 4. The maximum atomic E-state index is 11.1. The molecule has 20 heavy (non-hydrogen) atoms. The first kappa shape index (κ1) is 15.1. The second kappa shape index (κ2) is 6.90. The number of piperidine rings is 1. The second-order valence-corrected chi connectivity index (χ2v) is 5.56. The van der Waals surface area contributed by atoms with Crippen LogP contribution in [0.25, 0.3) is 0 Å².